The lowest BCUT2D eigenvalue weighted by atomic mass is 10.0. The van der Waals surface area contributed by atoms with E-state index in [-0.39, 0.29) is 12.4 Å². The van der Waals surface area contributed by atoms with Crippen LogP contribution in [0, 0.1) is 0 Å². The zero-order valence-corrected chi connectivity index (χ0v) is 12.0. The Hall–Kier alpha value is -0.790. The van der Waals surface area contributed by atoms with Gasteiger partial charge in [-0.2, -0.15) is 0 Å². The predicted octanol–water partition coefficient (Wildman–Crippen LogP) is 0.794. The highest BCUT2D eigenvalue weighted by Crippen LogP contribution is 2.29. The lowest BCUT2D eigenvalue weighted by Gasteiger charge is -2.42. The minimum atomic E-state index is 0. The summed E-state index contributed by atoms with van der Waals surface area (Å²) in [6, 6.07) is 11.1. The third kappa shape index (κ3) is 3.34. The number of likely N-dealkylation sites (N-methyl/N-ethyl adjacent to an activating group) is 1. The molecule has 0 amide bonds. The monoisotopic (exact) mass is 253 g/mol. The number of benzene rings is 1. The van der Waals surface area contributed by atoms with Crippen LogP contribution in [-0.4, -0.2) is 24.1 Å². The van der Waals surface area contributed by atoms with Gasteiger partial charge in [0.25, 0.3) is 0 Å². The standard InChI is InChI=1S/C15H24N.ClH/c1-5-15(14-12-10-9-11-13-14)16(6-2,7-3)8-4;/h5,9-13,15H,1,6-8H2,2-4H3;1H/q+1;/p-1. The van der Waals surface area contributed by atoms with Crippen LogP contribution < -0.4 is 12.4 Å². The highest BCUT2D eigenvalue weighted by Gasteiger charge is 2.30. The molecule has 1 rings (SSSR count). The summed E-state index contributed by atoms with van der Waals surface area (Å²) in [4.78, 5) is 0. The smallest absolute Gasteiger partial charge is 0.133 e. The summed E-state index contributed by atoms with van der Waals surface area (Å²) in [5, 5.41) is 0. The average molecular weight is 254 g/mol. The van der Waals surface area contributed by atoms with Gasteiger partial charge in [0.1, 0.15) is 6.04 Å². The first-order chi connectivity index (χ1) is 7.74. The molecule has 0 bridgehead atoms. The van der Waals surface area contributed by atoms with Crippen molar-refractivity contribution in [3.63, 3.8) is 0 Å². The third-order valence-electron chi connectivity index (χ3n) is 3.84. The van der Waals surface area contributed by atoms with Crippen molar-refractivity contribution in [2.45, 2.75) is 26.8 Å². The maximum absolute atomic E-state index is 4.03. The molecule has 0 saturated heterocycles. The Balaban J connectivity index is 0.00000256. The number of quaternary nitrogens is 1. The summed E-state index contributed by atoms with van der Waals surface area (Å²) in [5.41, 5.74) is 1.38. The number of nitrogens with zero attached hydrogens (tertiary/aromatic N) is 1. The molecule has 0 aliphatic rings. The Morgan fingerprint density at radius 1 is 1.06 bits per heavy atom. The van der Waals surface area contributed by atoms with Crippen LogP contribution in [0.4, 0.5) is 0 Å². The molecule has 1 aromatic carbocycles. The summed E-state index contributed by atoms with van der Waals surface area (Å²) in [6.07, 6.45) is 2.10. The van der Waals surface area contributed by atoms with Crippen LogP contribution in [0.1, 0.15) is 32.4 Å². The number of halogens is 1. The highest BCUT2D eigenvalue weighted by atomic mass is 35.5. The molecule has 0 fully saturated rings. The molecule has 0 aliphatic carbocycles. The molecule has 2 heteroatoms. The van der Waals surface area contributed by atoms with Gasteiger partial charge in [0.2, 0.25) is 0 Å². The van der Waals surface area contributed by atoms with Gasteiger partial charge in [0.05, 0.1) is 19.6 Å². The maximum Gasteiger partial charge on any atom is 0.133 e. The summed E-state index contributed by atoms with van der Waals surface area (Å²) in [5.74, 6) is 0. The van der Waals surface area contributed by atoms with E-state index in [9.17, 15) is 0 Å². The summed E-state index contributed by atoms with van der Waals surface area (Å²) < 4.78 is 1.09. The Bertz CT molecular complexity index is 309. The average Bonchev–Trinajstić information content (AvgIpc) is 2.37. The van der Waals surface area contributed by atoms with Gasteiger partial charge in [0.15, 0.2) is 0 Å². The van der Waals surface area contributed by atoms with Gasteiger partial charge in [0, 0.05) is 5.56 Å². The normalized spacial score (nSPS) is 12.6. The molecule has 0 N–H and O–H groups in total. The second-order valence-electron chi connectivity index (χ2n) is 4.26. The quantitative estimate of drug-likeness (QED) is 0.520. The van der Waals surface area contributed by atoms with Gasteiger partial charge in [-0.25, -0.2) is 0 Å². The summed E-state index contributed by atoms with van der Waals surface area (Å²) in [6.45, 7) is 14.3. The SMILES string of the molecule is C=CC(c1ccccc1)[N+](CC)(CC)CC.[Cl-]. The van der Waals surface area contributed by atoms with Crippen LogP contribution in [0.15, 0.2) is 43.0 Å². The van der Waals surface area contributed by atoms with Crippen molar-refractivity contribution in [1.82, 2.24) is 0 Å². The maximum atomic E-state index is 4.03. The number of hydrogen-bond acceptors (Lipinski definition) is 0. The largest absolute Gasteiger partial charge is 1.00 e. The Labute approximate surface area is 112 Å². The molecule has 0 heterocycles. The van der Waals surface area contributed by atoms with E-state index in [4.69, 9.17) is 0 Å². The van der Waals surface area contributed by atoms with Crippen LogP contribution in [-0.2, 0) is 0 Å². The summed E-state index contributed by atoms with van der Waals surface area (Å²) in [7, 11) is 0. The molecule has 1 nitrogen and oxygen atoms in total. The van der Waals surface area contributed by atoms with E-state index < -0.39 is 0 Å². The lowest BCUT2D eigenvalue weighted by Crippen LogP contribution is -3.00. The molecule has 1 aromatic rings. The van der Waals surface area contributed by atoms with E-state index in [2.05, 4.69) is 63.8 Å². The fraction of sp³-hybridized carbons (Fsp3) is 0.467. The van der Waals surface area contributed by atoms with Crippen molar-refractivity contribution in [3.05, 3.63) is 48.6 Å². The second-order valence-corrected chi connectivity index (χ2v) is 4.26. The van der Waals surface area contributed by atoms with Gasteiger partial charge >= 0.3 is 0 Å². The van der Waals surface area contributed by atoms with E-state index in [1.54, 1.807) is 0 Å². The van der Waals surface area contributed by atoms with E-state index in [0.717, 1.165) is 24.1 Å². The Morgan fingerprint density at radius 2 is 1.53 bits per heavy atom. The van der Waals surface area contributed by atoms with Crippen LogP contribution in [0.25, 0.3) is 0 Å². The van der Waals surface area contributed by atoms with Gasteiger partial charge < -0.3 is 16.9 Å². The predicted molar refractivity (Wildman–Crippen MR) is 71.3 cm³/mol. The first-order valence-electron chi connectivity index (χ1n) is 6.27. The third-order valence-corrected chi connectivity index (χ3v) is 3.84. The van der Waals surface area contributed by atoms with Crippen molar-refractivity contribution >= 4 is 0 Å². The minimum absolute atomic E-state index is 0. The number of rotatable bonds is 6. The molecule has 0 spiro atoms. The topological polar surface area (TPSA) is 0 Å². The Kier molecular flexibility index (Phi) is 7.17. The fourth-order valence-electron chi connectivity index (χ4n) is 2.59. The van der Waals surface area contributed by atoms with Crippen LogP contribution >= 0.6 is 0 Å². The fourth-order valence-corrected chi connectivity index (χ4v) is 2.59. The van der Waals surface area contributed by atoms with Crippen LogP contribution in [0.3, 0.4) is 0 Å². The zero-order valence-electron chi connectivity index (χ0n) is 11.2. The molecule has 0 aliphatic heterocycles. The summed E-state index contributed by atoms with van der Waals surface area (Å²) >= 11 is 0. The van der Waals surface area contributed by atoms with E-state index in [1.807, 2.05) is 0 Å². The lowest BCUT2D eigenvalue weighted by molar-refractivity contribution is -0.946. The van der Waals surface area contributed by atoms with Crippen LogP contribution in [0.2, 0.25) is 0 Å². The second kappa shape index (κ2) is 7.52. The number of hydrogen-bond donors (Lipinski definition) is 0. The first-order valence-corrected chi connectivity index (χ1v) is 6.27. The molecule has 0 aromatic heterocycles. The van der Waals surface area contributed by atoms with E-state index >= 15 is 0 Å². The highest BCUT2D eigenvalue weighted by molar-refractivity contribution is 5.20. The molecule has 17 heavy (non-hydrogen) atoms. The molecule has 1 unspecified atom stereocenters. The molecule has 1 atom stereocenters. The minimum Gasteiger partial charge on any atom is -1.00 e. The van der Waals surface area contributed by atoms with Gasteiger partial charge in [-0.3, -0.25) is 0 Å². The molecule has 0 radical (unpaired) electrons. The van der Waals surface area contributed by atoms with Crippen molar-refractivity contribution in [1.29, 1.82) is 0 Å². The molecule has 0 saturated carbocycles. The van der Waals surface area contributed by atoms with E-state index in [0.29, 0.717) is 6.04 Å². The molecular formula is C15H24ClN. The van der Waals surface area contributed by atoms with E-state index in [1.165, 1.54) is 5.56 Å². The Morgan fingerprint density at radius 3 is 1.88 bits per heavy atom. The van der Waals surface area contributed by atoms with Crippen molar-refractivity contribution < 1.29 is 16.9 Å². The van der Waals surface area contributed by atoms with Gasteiger partial charge in [-0.1, -0.05) is 36.9 Å². The zero-order chi connectivity index (χ0) is 12.0. The van der Waals surface area contributed by atoms with Crippen LogP contribution in [0.5, 0.6) is 0 Å². The molecule has 96 valence electrons. The van der Waals surface area contributed by atoms with Gasteiger partial charge in [-0.05, 0) is 26.8 Å². The first kappa shape index (κ1) is 16.2. The van der Waals surface area contributed by atoms with Crippen molar-refractivity contribution in [2.75, 3.05) is 19.6 Å². The van der Waals surface area contributed by atoms with Crippen molar-refractivity contribution in [3.8, 4) is 0 Å². The van der Waals surface area contributed by atoms with Gasteiger partial charge in [-0.15, -0.1) is 0 Å². The van der Waals surface area contributed by atoms with Crippen molar-refractivity contribution in [2.24, 2.45) is 0 Å². The molecular weight excluding hydrogens is 230 g/mol.